The highest BCUT2D eigenvalue weighted by Crippen LogP contribution is 2.10. The molecule has 0 saturated heterocycles. The molecule has 0 spiro atoms. The molecule has 0 aromatic rings. The SMILES string of the molecule is C[N+](C)(CCCC(=CC(=O)O)C(=O)O)CCCS(=O)(=O)O. The highest BCUT2D eigenvalue weighted by atomic mass is 32.2. The zero-order valence-corrected chi connectivity index (χ0v) is 13.0. The molecule has 0 aliphatic carbocycles. The van der Waals surface area contributed by atoms with E-state index in [1.807, 2.05) is 14.1 Å². The summed E-state index contributed by atoms with van der Waals surface area (Å²) in [6.07, 6.45) is 1.56. The summed E-state index contributed by atoms with van der Waals surface area (Å²) in [6.45, 7) is 1.07. The van der Waals surface area contributed by atoms with Gasteiger partial charge in [0.25, 0.3) is 10.1 Å². The lowest BCUT2D eigenvalue weighted by atomic mass is 10.1. The van der Waals surface area contributed by atoms with Crippen LogP contribution in [0.2, 0.25) is 0 Å². The molecule has 21 heavy (non-hydrogen) atoms. The van der Waals surface area contributed by atoms with E-state index in [0.717, 1.165) is 0 Å². The standard InChI is InChI=1S/C12H21NO7S/c1-13(2,7-4-8-21(18,19)20)6-3-5-10(12(16)17)9-11(14)15/h9H,3-8H2,1-2H3,(H2-,14,15,16,17,18,19,20)/p+1. The second-order valence-corrected chi connectivity index (χ2v) is 7.01. The number of hydrogen-bond donors (Lipinski definition) is 3. The van der Waals surface area contributed by atoms with Crippen LogP contribution in [-0.2, 0) is 19.7 Å². The van der Waals surface area contributed by atoms with Crippen molar-refractivity contribution in [2.45, 2.75) is 19.3 Å². The lowest BCUT2D eigenvalue weighted by molar-refractivity contribution is -0.890. The minimum atomic E-state index is -3.97. The van der Waals surface area contributed by atoms with E-state index in [4.69, 9.17) is 14.8 Å². The molecule has 0 amide bonds. The van der Waals surface area contributed by atoms with Crippen LogP contribution in [-0.4, -0.2) is 72.5 Å². The van der Waals surface area contributed by atoms with E-state index in [-0.39, 0.29) is 17.7 Å². The summed E-state index contributed by atoms with van der Waals surface area (Å²) in [7, 11) is -0.262. The molecule has 8 nitrogen and oxygen atoms in total. The maximum atomic E-state index is 10.8. The van der Waals surface area contributed by atoms with E-state index in [1.54, 1.807) is 0 Å². The van der Waals surface area contributed by atoms with E-state index < -0.39 is 22.1 Å². The van der Waals surface area contributed by atoms with Gasteiger partial charge < -0.3 is 14.7 Å². The number of quaternary nitrogens is 1. The van der Waals surface area contributed by atoms with Crippen molar-refractivity contribution >= 4 is 22.1 Å². The summed E-state index contributed by atoms with van der Waals surface area (Å²) in [5.41, 5.74) is -0.166. The van der Waals surface area contributed by atoms with Crippen LogP contribution in [0.15, 0.2) is 11.6 Å². The van der Waals surface area contributed by atoms with Gasteiger partial charge in [0.2, 0.25) is 0 Å². The van der Waals surface area contributed by atoms with Crippen molar-refractivity contribution in [1.82, 2.24) is 0 Å². The van der Waals surface area contributed by atoms with Crippen LogP contribution in [0.25, 0.3) is 0 Å². The molecule has 0 atom stereocenters. The molecule has 122 valence electrons. The molecule has 0 aromatic heterocycles. The summed E-state index contributed by atoms with van der Waals surface area (Å²) < 4.78 is 30.3. The smallest absolute Gasteiger partial charge is 0.331 e. The van der Waals surface area contributed by atoms with Gasteiger partial charge in [-0.05, 0) is 6.42 Å². The van der Waals surface area contributed by atoms with E-state index in [0.29, 0.717) is 36.5 Å². The molecule has 0 saturated carbocycles. The molecular weight excluding hydrogens is 302 g/mol. The number of carbonyl (C=O) groups is 2. The molecule has 0 fully saturated rings. The summed E-state index contributed by atoms with van der Waals surface area (Å²) in [4.78, 5) is 21.3. The Morgan fingerprint density at radius 2 is 1.62 bits per heavy atom. The number of aliphatic carboxylic acids is 2. The largest absolute Gasteiger partial charge is 0.478 e. The number of nitrogens with zero attached hydrogens (tertiary/aromatic N) is 1. The monoisotopic (exact) mass is 324 g/mol. The van der Waals surface area contributed by atoms with Crippen LogP contribution in [0.5, 0.6) is 0 Å². The van der Waals surface area contributed by atoms with Gasteiger partial charge in [0.1, 0.15) is 0 Å². The third kappa shape index (κ3) is 10.9. The molecule has 9 heteroatoms. The Bertz CT molecular complexity index is 508. The van der Waals surface area contributed by atoms with Gasteiger partial charge in [0, 0.05) is 24.5 Å². The Morgan fingerprint density at radius 1 is 1.10 bits per heavy atom. The fourth-order valence-electron chi connectivity index (χ4n) is 1.87. The van der Waals surface area contributed by atoms with Gasteiger partial charge in [-0.3, -0.25) is 4.55 Å². The highest BCUT2D eigenvalue weighted by Gasteiger charge is 2.18. The van der Waals surface area contributed by atoms with Crippen molar-refractivity contribution < 1.29 is 37.3 Å². The van der Waals surface area contributed by atoms with Gasteiger partial charge in [-0.1, -0.05) is 0 Å². The maximum absolute atomic E-state index is 10.8. The Labute approximate surface area is 124 Å². The van der Waals surface area contributed by atoms with Gasteiger partial charge >= 0.3 is 11.9 Å². The van der Waals surface area contributed by atoms with Crippen molar-refractivity contribution in [3.63, 3.8) is 0 Å². The molecule has 0 aliphatic rings. The lowest BCUT2D eigenvalue weighted by Gasteiger charge is -2.29. The molecule has 0 aromatic carbocycles. The average Bonchev–Trinajstić information content (AvgIpc) is 2.24. The molecule has 0 bridgehead atoms. The number of carboxylic acids is 2. The third-order valence-electron chi connectivity index (χ3n) is 2.95. The van der Waals surface area contributed by atoms with Crippen molar-refractivity contribution in [1.29, 1.82) is 0 Å². The summed E-state index contributed by atoms with van der Waals surface area (Å²) in [5.74, 6) is -2.86. The fourth-order valence-corrected chi connectivity index (χ4v) is 2.37. The van der Waals surface area contributed by atoms with E-state index in [2.05, 4.69) is 0 Å². The van der Waals surface area contributed by atoms with Crippen LogP contribution in [0.4, 0.5) is 0 Å². The summed E-state index contributed by atoms with van der Waals surface area (Å²) in [6, 6.07) is 0. The molecule has 0 heterocycles. The molecular formula is C12H22NO7S+. The van der Waals surface area contributed by atoms with E-state index in [1.165, 1.54) is 0 Å². The van der Waals surface area contributed by atoms with E-state index >= 15 is 0 Å². The topological polar surface area (TPSA) is 129 Å². The molecule has 0 aliphatic heterocycles. The normalized spacial score (nSPS) is 13.2. The van der Waals surface area contributed by atoms with Crippen LogP contribution < -0.4 is 0 Å². The first-order valence-corrected chi connectivity index (χ1v) is 7.98. The molecule has 0 rings (SSSR count). The van der Waals surface area contributed by atoms with Crippen LogP contribution in [0.3, 0.4) is 0 Å². The van der Waals surface area contributed by atoms with Crippen LogP contribution >= 0.6 is 0 Å². The zero-order chi connectivity index (χ0) is 16.7. The molecule has 0 radical (unpaired) electrons. The molecule has 3 N–H and O–H groups in total. The fraction of sp³-hybridized carbons (Fsp3) is 0.667. The van der Waals surface area contributed by atoms with Gasteiger partial charge in [-0.25, -0.2) is 9.59 Å². The maximum Gasteiger partial charge on any atom is 0.331 e. The van der Waals surface area contributed by atoms with Crippen molar-refractivity contribution in [2.75, 3.05) is 32.9 Å². The van der Waals surface area contributed by atoms with Crippen LogP contribution in [0.1, 0.15) is 19.3 Å². The second-order valence-electron chi connectivity index (χ2n) is 5.44. The molecule has 0 unspecified atom stereocenters. The average molecular weight is 324 g/mol. The third-order valence-corrected chi connectivity index (χ3v) is 3.75. The van der Waals surface area contributed by atoms with Crippen LogP contribution in [0, 0.1) is 0 Å². The second kappa shape index (κ2) is 8.11. The van der Waals surface area contributed by atoms with Gasteiger partial charge in [-0.15, -0.1) is 0 Å². The number of rotatable bonds is 10. The summed E-state index contributed by atoms with van der Waals surface area (Å²) in [5, 5.41) is 17.4. The first-order valence-electron chi connectivity index (χ1n) is 6.37. The zero-order valence-electron chi connectivity index (χ0n) is 12.2. The number of hydrogen-bond acceptors (Lipinski definition) is 4. The quantitative estimate of drug-likeness (QED) is 0.298. The Hall–Kier alpha value is -1.45. The predicted octanol–water partition coefficient (Wildman–Crippen LogP) is 0.217. The minimum absolute atomic E-state index is 0.127. The minimum Gasteiger partial charge on any atom is -0.478 e. The van der Waals surface area contributed by atoms with Gasteiger partial charge in [0.05, 0.1) is 32.9 Å². The highest BCUT2D eigenvalue weighted by molar-refractivity contribution is 7.85. The summed E-state index contributed by atoms with van der Waals surface area (Å²) >= 11 is 0. The van der Waals surface area contributed by atoms with Crippen molar-refractivity contribution in [2.24, 2.45) is 0 Å². The van der Waals surface area contributed by atoms with E-state index in [9.17, 15) is 18.0 Å². The predicted molar refractivity (Wildman–Crippen MR) is 75.5 cm³/mol. The first kappa shape index (κ1) is 19.6. The number of carboxylic acid groups (broad SMARTS) is 2. The first-order chi connectivity index (χ1) is 9.43. The van der Waals surface area contributed by atoms with Gasteiger partial charge in [-0.2, -0.15) is 8.42 Å². The Morgan fingerprint density at radius 3 is 2.05 bits per heavy atom. The van der Waals surface area contributed by atoms with Crippen molar-refractivity contribution in [3.8, 4) is 0 Å². The lowest BCUT2D eigenvalue weighted by Crippen LogP contribution is -2.41. The van der Waals surface area contributed by atoms with Crippen molar-refractivity contribution in [3.05, 3.63) is 11.6 Å². The Kier molecular flexibility index (Phi) is 7.55. The Balaban J connectivity index is 4.30. The van der Waals surface area contributed by atoms with Gasteiger partial charge in [0.15, 0.2) is 0 Å².